The third kappa shape index (κ3) is 2.92. The van der Waals surface area contributed by atoms with Crippen molar-refractivity contribution in [1.29, 1.82) is 0 Å². The van der Waals surface area contributed by atoms with Crippen LogP contribution in [0.2, 0.25) is 0 Å². The summed E-state index contributed by atoms with van der Waals surface area (Å²) in [6, 6.07) is 13.8. The maximum absolute atomic E-state index is 10.2. The number of hydrogen-bond acceptors (Lipinski definition) is 4. The van der Waals surface area contributed by atoms with E-state index in [-0.39, 0.29) is 0 Å². The zero-order valence-electron chi connectivity index (χ0n) is 10.2. The van der Waals surface area contributed by atoms with Gasteiger partial charge in [0.2, 0.25) is 0 Å². The molecule has 0 radical (unpaired) electrons. The van der Waals surface area contributed by atoms with Crippen molar-refractivity contribution in [3.05, 3.63) is 64.5 Å². The van der Waals surface area contributed by atoms with Crippen LogP contribution in [0, 0.1) is 0 Å². The second-order valence-corrected chi connectivity index (χ2v) is 6.06. The van der Waals surface area contributed by atoms with E-state index in [2.05, 4.69) is 16.4 Å². The Kier molecular flexibility index (Phi) is 3.73. The highest BCUT2D eigenvalue weighted by molar-refractivity contribution is 7.20. The minimum Gasteiger partial charge on any atom is -0.388 e. The topological polar surface area (TPSA) is 33.1 Å². The Hall–Kier alpha value is -1.49. The molecule has 0 fully saturated rings. The quantitative estimate of drug-likeness (QED) is 0.782. The number of aliphatic hydroxyl groups excluding tert-OH is 1. The lowest BCUT2D eigenvalue weighted by molar-refractivity contribution is 0.177. The van der Waals surface area contributed by atoms with E-state index >= 15 is 0 Å². The van der Waals surface area contributed by atoms with Crippen LogP contribution in [0.3, 0.4) is 0 Å². The summed E-state index contributed by atoms with van der Waals surface area (Å²) in [5.41, 5.74) is 1.89. The molecule has 2 nitrogen and oxygen atoms in total. The molecule has 3 aromatic rings. The molecule has 0 saturated heterocycles. The van der Waals surface area contributed by atoms with Gasteiger partial charge < -0.3 is 5.11 Å². The number of aromatic nitrogens is 1. The maximum Gasteiger partial charge on any atom is 0.133 e. The van der Waals surface area contributed by atoms with Crippen LogP contribution in [-0.2, 0) is 6.42 Å². The molecule has 1 aromatic carbocycles. The van der Waals surface area contributed by atoms with Crippen molar-refractivity contribution in [3.63, 3.8) is 0 Å². The molecular weight excluding hydrogens is 274 g/mol. The first kappa shape index (κ1) is 12.5. The Balaban J connectivity index is 1.74. The Morgan fingerprint density at radius 1 is 1.05 bits per heavy atom. The van der Waals surface area contributed by atoms with E-state index in [1.807, 2.05) is 41.8 Å². The van der Waals surface area contributed by atoms with E-state index in [0.717, 1.165) is 16.3 Å². The lowest BCUT2D eigenvalue weighted by Gasteiger charge is -2.08. The molecule has 0 aliphatic carbocycles. The number of benzene rings is 1. The predicted octanol–water partition coefficient (Wildman–Crippen LogP) is 4.15. The van der Waals surface area contributed by atoms with Crippen molar-refractivity contribution < 1.29 is 5.11 Å². The van der Waals surface area contributed by atoms with Crippen LogP contribution in [0.1, 0.15) is 17.4 Å². The molecule has 1 atom stereocenters. The molecule has 96 valence electrons. The van der Waals surface area contributed by atoms with Crippen LogP contribution in [0.4, 0.5) is 0 Å². The van der Waals surface area contributed by atoms with E-state index < -0.39 is 6.10 Å². The van der Waals surface area contributed by atoms with Crippen LogP contribution in [0.25, 0.3) is 9.88 Å². The fraction of sp³-hybridized carbons (Fsp3) is 0.133. The van der Waals surface area contributed by atoms with Crippen molar-refractivity contribution in [2.45, 2.75) is 12.5 Å². The summed E-state index contributed by atoms with van der Waals surface area (Å²) < 4.78 is 0. The Bertz CT molecular complexity index is 631. The average molecular weight is 287 g/mol. The molecule has 0 bridgehead atoms. The van der Waals surface area contributed by atoms with Crippen molar-refractivity contribution >= 4 is 22.7 Å². The van der Waals surface area contributed by atoms with Crippen molar-refractivity contribution in [3.8, 4) is 9.88 Å². The van der Waals surface area contributed by atoms with Crippen molar-refractivity contribution in [1.82, 2.24) is 4.98 Å². The molecule has 0 amide bonds. The zero-order valence-corrected chi connectivity index (χ0v) is 11.8. The molecular formula is C15H13NOS2. The summed E-state index contributed by atoms with van der Waals surface area (Å²) in [5.74, 6) is 0. The standard InChI is InChI=1S/C15H13NOS2/c17-13(11-5-2-1-3-6-11)9-12-10-19-15(16-12)14-7-4-8-18-14/h1-8,10,13,17H,9H2. The van der Waals surface area contributed by atoms with Crippen molar-refractivity contribution in [2.75, 3.05) is 0 Å². The first-order valence-corrected chi connectivity index (χ1v) is 7.80. The second kappa shape index (κ2) is 5.65. The lowest BCUT2D eigenvalue weighted by atomic mass is 10.1. The van der Waals surface area contributed by atoms with Crippen LogP contribution in [-0.4, -0.2) is 10.1 Å². The van der Waals surface area contributed by atoms with Crippen molar-refractivity contribution in [2.24, 2.45) is 0 Å². The van der Waals surface area contributed by atoms with Gasteiger partial charge in [0.25, 0.3) is 0 Å². The van der Waals surface area contributed by atoms with E-state index in [4.69, 9.17) is 0 Å². The van der Waals surface area contributed by atoms with E-state index in [9.17, 15) is 5.11 Å². The fourth-order valence-corrected chi connectivity index (χ4v) is 3.55. The summed E-state index contributed by atoms with van der Waals surface area (Å²) in [6.07, 6.45) is 0.0748. The molecule has 1 N–H and O–H groups in total. The van der Waals surface area contributed by atoms with Gasteiger partial charge in [-0.15, -0.1) is 22.7 Å². The molecule has 0 saturated carbocycles. The van der Waals surface area contributed by atoms with Gasteiger partial charge in [-0.3, -0.25) is 0 Å². The van der Waals surface area contributed by atoms with Gasteiger partial charge in [-0.1, -0.05) is 36.4 Å². The molecule has 0 aliphatic heterocycles. The highest BCUT2D eigenvalue weighted by Crippen LogP contribution is 2.29. The third-order valence-electron chi connectivity index (χ3n) is 2.87. The zero-order chi connectivity index (χ0) is 13.1. The SMILES string of the molecule is OC(Cc1csc(-c2cccs2)n1)c1ccccc1. The molecule has 1 unspecified atom stereocenters. The van der Waals surface area contributed by atoms with Crippen LogP contribution in [0.15, 0.2) is 53.2 Å². The van der Waals surface area contributed by atoms with Gasteiger partial charge in [0.15, 0.2) is 0 Å². The van der Waals surface area contributed by atoms with E-state index in [0.29, 0.717) is 6.42 Å². The minimum atomic E-state index is -0.487. The van der Waals surface area contributed by atoms with Crippen LogP contribution >= 0.6 is 22.7 Å². The fourth-order valence-electron chi connectivity index (χ4n) is 1.91. The smallest absolute Gasteiger partial charge is 0.133 e. The largest absolute Gasteiger partial charge is 0.388 e. The van der Waals surface area contributed by atoms with Gasteiger partial charge in [0, 0.05) is 11.8 Å². The summed E-state index contributed by atoms with van der Waals surface area (Å²) in [7, 11) is 0. The summed E-state index contributed by atoms with van der Waals surface area (Å²) in [6.45, 7) is 0. The Labute approximate surface area is 120 Å². The first-order valence-electron chi connectivity index (χ1n) is 6.04. The summed E-state index contributed by atoms with van der Waals surface area (Å²) in [5, 5.41) is 15.3. The number of rotatable bonds is 4. The molecule has 19 heavy (non-hydrogen) atoms. The summed E-state index contributed by atoms with van der Waals surface area (Å²) >= 11 is 3.32. The van der Waals surface area contributed by atoms with Gasteiger partial charge in [-0.05, 0) is 17.0 Å². The monoisotopic (exact) mass is 287 g/mol. The Morgan fingerprint density at radius 3 is 2.63 bits per heavy atom. The third-order valence-corrected chi connectivity index (χ3v) is 4.80. The molecule has 0 spiro atoms. The number of aliphatic hydroxyl groups is 1. The van der Waals surface area contributed by atoms with Gasteiger partial charge in [0.05, 0.1) is 16.7 Å². The molecule has 3 rings (SSSR count). The molecule has 2 aromatic heterocycles. The van der Waals surface area contributed by atoms with Crippen LogP contribution < -0.4 is 0 Å². The predicted molar refractivity (Wildman–Crippen MR) is 80.5 cm³/mol. The average Bonchev–Trinajstić information content (AvgIpc) is 3.10. The highest BCUT2D eigenvalue weighted by Gasteiger charge is 2.11. The number of nitrogens with zero attached hydrogens (tertiary/aromatic N) is 1. The maximum atomic E-state index is 10.2. The Morgan fingerprint density at radius 2 is 1.89 bits per heavy atom. The normalized spacial score (nSPS) is 12.5. The molecule has 0 aliphatic rings. The van der Waals surface area contributed by atoms with Gasteiger partial charge in [-0.2, -0.15) is 0 Å². The van der Waals surface area contributed by atoms with Gasteiger partial charge in [-0.25, -0.2) is 4.98 Å². The number of thiophene rings is 1. The number of hydrogen-bond donors (Lipinski definition) is 1. The number of thiazole rings is 1. The van der Waals surface area contributed by atoms with E-state index in [1.54, 1.807) is 22.7 Å². The summed E-state index contributed by atoms with van der Waals surface area (Å²) in [4.78, 5) is 5.77. The first-order chi connectivity index (χ1) is 9.33. The molecule has 4 heteroatoms. The second-order valence-electron chi connectivity index (χ2n) is 4.25. The minimum absolute atomic E-state index is 0.487. The van der Waals surface area contributed by atoms with Crippen LogP contribution in [0.5, 0.6) is 0 Å². The van der Waals surface area contributed by atoms with Gasteiger partial charge >= 0.3 is 0 Å². The molecule has 2 heterocycles. The highest BCUT2D eigenvalue weighted by atomic mass is 32.1. The van der Waals surface area contributed by atoms with Gasteiger partial charge in [0.1, 0.15) is 5.01 Å². The van der Waals surface area contributed by atoms with E-state index in [1.165, 1.54) is 4.88 Å². The lowest BCUT2D eigenvalue weighted by Crippen LogP contribution is -2.01.